The molecule has 2 aromatic carbocycles. The quantitative estimate of drug-likeness (QED) is 0.300. The van der Waals surface area contributed by atoms with Crippen LogP contribution in [-0.2, 0) is 16.6 Å². The highest BCUT2D eigenvalue weighted by molar-refractivity contribution is 6.30. The van der Waals surface area contributed by atoms with E-state index < -0.39 is 41.9 Å². The molecule has 0 radical (unpaired) electrons. The lowest BCUT2D eigenvalue weighted by Gasteiger charge is -2.35. The molecule has 3 amide bonds. The van der Waals surface area contributed by atoms with Gasteiger partial charge in [0.25, 0.3) is 0 Å². The number of Topliss-reactive ketones (excluding diaryl/α,β-unsaturated/α-hetero) is 1. The number of hydrogen-bond donors (Lipinski definition) is 2. The normalized spacial score (nSPS) is 18.6. The number of carboxylic acid groups (broad SMARTS) is 1. The lowest BCUT2D eigenvalue weighted by atomic mass is 9.97. The van der Waals surface area contributed by atoms with Crippen molar-refractivity contribution in [1.29, 1.82) is 0 Å². The van der Waals surface area contributed by atoms with Gasteiger partial charge in [-0.3, -0.25) is 29.0 Å². The van der Waals surface area contributed by atoms with Crippen molar-refractivity contribution in [3.05, 3.63) is 82.1 Å². The Morgan fingerprint density at radius 2 is 1.84 bits per heavy atom. The number of benzene rings is 2. The van der Waals surface area contributed by atoms with Crippen LogP contribution in [0.5, 0.6) is 5.75 Å². The third-order valence-electron chi connectivity index (χ3n) is 7.10. The highest BCUT2D eigenvalue weighted by Crippen LogP contribution is 2.45. The van der Waals surface area contributed by atoms with Crippen LogP contribution in [0, 0.1) is 0 Å². The van der Waals surface area contributed by atoms with Crippen molar-refractivity contribution in [2.75, 3.05) is 19.6 Å². The molecule has 0 bridgehead atoms. The molecule has 230 valence electrons. The average Bonchev–Trinajstić information content (AvgIpc) is 3.55. The Bertz CT molecular complexity index is 1640. The lowest BCUT2D eigenvalue weighted by molar-refractivity contribution is -0.136. The molecule has 0 spiro atoms. The molecule has 2 aliphatic rings. The van der Waals surface area contributed by atoms with E-state index in [-0.39, 0.29) is 29.6 Å². The second-order valence-electron chi connectivity index (χ2n) is 11.7. The second kappa shape index (κ2) is 12.1. The number of aliphatic carboxylic acids is 1. The van der Waals surface area contributed by atoms with E-state index in [1.165, 1.54) is 21.9 Å². The number of ketones is 1. The molecule has 1 saturated heterocycles. The van der Waals surface area contributed by atoms with Crippen LogP contribution in [0.3, 0.4) is 0 Å². The maximum atomic E-state index is 14.4. The molecule has 2 aliphatic heterocycles. The maximum absolute atomic E-state index is 14.4. The minimum Gasteiger partial charge on any atom is -0.487 e. The number of carbonyl (C=O) groups excluding carboxylic acids is 3. The number of rotatable bonds is 7. The second-order valence-corrected chi connectivity index (χ2v) is 12.1. The van der Waals surface area contributed by atoms with Gasteiger partial charge in [0, 0.05) is 36.9 Å². The van der Waals surface area contributed by atoms with Crippen molar-refractivity contribution in [3.8, 4) is 5.75 Å². The van der Waals surface area contributed by atoms with E-state index in [0.29, 0.717) is 29.4 Å². The number of carboxylic acids is 1. The Morgan fingerprint density at radius 3 is 2.45 bits per heavy atom. The Morgan fingerprint density at radius 1 is 1.11 bits per heavy atom. The van der Waals surface area contributed by atoms with Crippen LogP contribution in [0.1, 0.15) is 66.5 Å². The molecule has 3 heterocycles. The molecular weight excluding hydrogens is 588 g/mol. The van der Waals surface area contributed by atoms with Crippen molar-refractivity contribution < 1.29 is 29.0 Å². The monoisotopic (exact) mass is 620 g/mol. The molecule has 1 aromatic heterocycles. The van der Waals surface area contributed by atoms with Gasteiger partial charge in [-0.2, -0.15) is 5.10 Å². The number of halogens is 1. The largest absolute Gasteiger partial charge is 0.487 e. The Labute approximate surface area is 259 Å². The van der Waals surface area contributed by atoms with Crippen LogP contribution in [0.4, 0.5) is 4.79 Å². The number of amidine groups is 1. The number of nitrogens with one attached hydrogen (secondary N) is 1. The van der Waals surface area contributed by atoms with Crippen LogP contribution in [-0.4, -0.2) is 79.4 Å². The first-order valence-electron chi connectivity index (χ1n) is 14.1. The number of urea groups is 1. The van der Waals surface area contributed by atoms with E-state index in [0.717, 1.165) is 5.56 Å². The van der Waals surface area contributed by atoms with Crippen LogP contribution in [0.15, 0.2) is 59.7 Å². The number of nitrogens with zero attached hydrogens (tertiary/aromatic N) is 5. The topological polar surface area (TPSA) is 146 Å². The summed E-state index contributed by atoms with van der Waals surface area (Å²) < 4.78 is 7.94. The van der Waals surface area contributed by atoms with Crippen LogP contribution in [0.25, 0.3) is 0 Å². The number of ether oxygens (including phenoxy) is 1. The van der Waals surface area contributed by atoms with Gasteiger partial charge in [-0.15, -0.1) is 0 Å². The summed E-state index contributed by atoms with van der Waals surface area (Å²) in [4.78, 5) is 58.8. The summed E-state index contributed by atoms with van der Waals surface area (Å²) >= 11 is 6.21. The van der Waals surface area contributed by atoms with E-state index in [9.17, 15) is 24.3 Å². The fourth-order valence-corrected chi connectivity index (χ4v) is 5.36. The minimum absolute atomic E-state index is 0.128. The third kappa shape index (κ3) is 6.60. The molecule has 13 heteroatoms. The van der Waals surface area contributed by atoms with Crippen LogP contribution in [0.2, 0.25) is 5.02 Å². The first-order chi connectivity index (χ1) is 20.8. The summed E-state index contributed by atoms with van der Waals surface area (Å²) in [5, 5.41) is 17.1. The fraction of sp³-hybridized carbons (Fsp3) is 0.355. The van der Waals surface area contributed by atoms with Crippen molar-refractivity contribution in [3.63, 3.8) is 0 Å². The molecule has 2 N–H and O–H groups in total. The zero-order chi connectivity index (χ0) is 31.8. The van der Waals surface area contributed by atoms with Crippen molar-refractivity contribution >= 4 is 41.1 Å². The number of carbonyl (C=O) groups is 4. The van der Waals surface area contributed by atoms with Crippen LogP contribution >= 0.6 is 11.6 Å². The number of aromatic nitrogens is 2. The van der Waals surface area contributed by atoms with E-state index >= 15 is 0 Å². The zero-order valence-electron chi connectivity index (χ0n) is 24.8. The number of piperazine rings is 1. The molecule has 2 unspecified atom stereocenters. The van der Waals surface area contributed by atoms with Gasteiger partial charge in [0.1, 0.15) is 42.2 Å². The van der Waals surface area contributed by atoms with E-state index in [1.807, 2.05) is 39.0 Å². The summed E-state index contributed by atoms with van der Waals surface area (Å²) in [5.41, 5.74) is 1.19. The smallest absolute Gasteiger partial charge is 0.326 e. The highest BCUT2D eigenvalue weighted by Gasteiger charge is 2.46. The van der Waals surface area contributed by atoms with Crippen molar-refractivity contribution in [2.45, 2.75) is 44.9 Å². The van der Waals surface area contributed by atoms with Gasteiger partial charge < -0.3 is 20.1 Å². The predicted molar refractivity (Wildman–Crippen MR) is 162 cm³/mol. The molecule has 12 nitrogen and oxygen atoms in total. The van der Waals surface area contributed by atoms with E-state index in [1.54, 1.807) is 36.1 Å². The average molecular weight is 621 g/mol. The molecule has 3 aromatic rings. The van der Waals surface area contributed by atoms with E-state index in [4.69, 9.17) is 21.3 Å². The van der Waals surface area contributed by atoms with Gasteiger partial charge in [0.2, 0.25) is 5.91 Å². The molecule has 5 rings (SSSR count). The van der Waals surface area contributed by atoms with Gasteiger partial charge in [-0.25, -0.2) is 4.79 Å². The first kappa shape index (κ1) is 30.7. The summed E-state index contributed by atoms with van der Waals surface area (Å²) in [6.45, 7) is 5.98. The number of aliphatic imine (C=N–C) groups is 1. The Hall–Kier alpha value is -4.71. The number of hydrogen-bond acceptors (Lipinski definition) is 7. The fourth-order valence-electron chi connectivity index (χ4n) is 5.24. The molecule has 0 saturated carbocycles. The molecular formula is C31H33ClN6O6. The Balaban J connectivity index is 1.71. The molecule has 0 aliphatic carbocycles. The minimum atomic E-state index is -1.25. The summed E-state index contributed by atoms with van der Waals surface area (Å²) in [6.07, 6.45) is 1.09. The molecule has 2 atom stereocenters. The zero-order valence-corrected chi connectivity index (χ0v) is 25.5. The van der Waals surface area contributed by atoms with Gasteiger partial charge in [-0.05, 0) is 56.7 Å². The molecule has 44 heavy (non-hydrogen) atoms. The predicted octanol–water partition coefficient (Wildman–Crippen LogP) is 4.00. The van der Waals surface area contributed by atoms with Crippen molar-refractivity contribution in [2.24, 2.45) is 12.0 Å². The standard InChI is InChI=1S/C31H33ClN6O6/c1-31(2,3)44-24-15-19(23(39)16-26(41)42)7-10-21(24)29-34-27(18-5-8-20(32)9-6-18)28(22-11-13-36(4)35-22)38(29)30(43)37-14-12-33-25(40)17-37/h5-11,13,15,27-28H,12,14,16-17H2,1-4H3,(H,33,40)(H,41,42). The van der Waals surface area contributed by atoms with E-state index in [2.05, 4.69) is 10.4 Å². The van der Waals surface area contributed by atoms with Gasteiger partial charge >= 0.3 is 12.0 Å². The SMILES string of the molecule is Cn1ccc(C2C(c3ccc(Cl)cc3)N=C(c3ccc(C(=O)CC(=O)O)cc3OC(C)(C)C)N2C(=O)N2CCNC(=O)C2)n1. The summed E-state index contributed by atoms with van der Waals surface area (Å²) in [7, 11) is 1.78. The van der Waals surface area contributed by atoms with Gasteiger partial charge in [-0.1, -0.05) is 29.8 Å². The highest BCUT2D eigenvalue weighted by atomic mass is 35.5. The maximum Gasteiger partial charge on any atom is 0.326 e. The van der Waals surface area contributed by atoms with Gasteiger partial charge in [0.05, 0.1) is 11.3 Å². The van der Waals surface area contributed by atoms with Gasteiger partial charge in [0.15, 0.2) is 5.78 Å². The molecule has 1 fully saturated rings. The number of aryl methyl sites for hydroxylation is 1. The third-order valence-corrected chi connectivity index (χ3v) is 7.35. The first-order valence-corrected chi connectivity index (χ1v) is 14.4. The number of amides is 3. The lowest BCUT2D eigenvalue weighted by Crippen LogP contribution is -2.55. The van der Waals surface area contributed by atoms with Crippen LogP contribution < -0.4 is 10.1 Å². The summed E-state index contributed by atoms with van der Waals surface area (Å²) in [6, 6.07) is 11.8. The Kier molecular flexibility index (Phi) is 8.46. The van der Waals surface area contributed by atoms with Crippen molar-refractivity contribution in [1.82, 2.24) is 24.9 Å². The summed E-state index contributed by atoms with van der Waals surface area (Å²) in [5.74, 6) is -1.60.